The molecule has 2 N–H and O–H groups in total. The Bertz CT molecular complexity index is 888. The van der Waals surface area contributed by atoms with Crippen molar-refractivity contribution in [1.29, 1.82) is 0 Å². The highest BCUT2D eigenvalue weighted by Gasteiger charge is 2.31. The summed E-state index contributed by atoms with van der Waals surface area (Å²) in [5.74, 6) is -0.388. The van der Waals surface area contributed by atoms with E-state index in [0.29, 0.717) is 17.9 Å². The van der Waals surface area contributed by atoms with Gasteiger partial charge >= 0.3 is 6.18 Å². The highest BCUT2D eigenvalue weighted by molar-refractivity contribution is 7.92. The van der Waals surface area contributed by atoms with Crippen molar-refractivity contribution in [2.45, 2.75) is 6.18 Å². The molecule has 0 spiro atoms. The summed E-state index contributed by atoms with van der Waals surface area (Å²) in [5.41, 5.74) is -1.54. The van der Waals surface area contributed by atoms with Crippen molar-refractivity contribution >= 4 is 33.4 Å². The Morgan fingerprint density at radius 2 is 1.92 bits per heavy atom. The van der Waals surface area contributed by atoms with E-state index < -0.39 is 27.7 Å². The molecule has 1 heterocycles. The van der Waals surface area contributed by atoms with Gasteiger partial charge in [-0.05, 0) is 36.4 Å². The lowest BCUT2D eigenvalue weighted by atomic mass is 10.1. The topological polar surface area (TPSA) is 88.4 Å². The van der Waals surface area contributed by atoms with Crippen molar-refractivity contribution in [3.8, 4) is 0 Å². The number of rotatable bonds is 5. The Morgan fingerprint density at radius 3 is 2.48 bits per heavy atom. The van der Waals surface area contributed by atoms with Crippen LogP contribution in [0.15, 0.2) is 47.1 Å². The third-order valence-electron chi connectivity index (χ3n) is 2.84. The van der Waals surface area contributed by atoms with Crippen molar-refractivity contribution < 1.29 is 30.8 Å². The number of anilines is 2. The molecule has 2 aromatic rings. The number of nitrogens with one attached hydrogen (secondary N) is 2. The molecule has 6 nitrogen and oxygen atoms in total. The second-order valence-electron chi connectivity index (χ2n) is 4.97. The lowest BCUT2D eigenvalue weighted by Gasteiger charge is -2.14. The van der Waals surface area contributed by atoms with Gasteiger partial charge in [0, 0.05) is 6.08 Å². The zero-order valence-corrected chi connectivity index (χ0v) is 13.6. The summed E-state index contributed by atoms with van der Waals surface area (Å²) in [6.45, 7) is 0. The number of amides is 1. The Kier molecular flexibility index (Phi) is 5.21. The van der Waals surface area contributed by atoms with E-state index in [1.165, 1.54) is 12.3 Å². The van der Waals surface area contributed by atoms with E-state index in [1.54, 1.807) is 12.1 Å². The fourth-order valence-electron chi connectivity index (χ4n) is 1.83. The number of hydrogen-bond acceptors (Lipinski definition) is 4. The first-order valence-corrected chi connectivity index (χ1v) is 8.65. The standard InChI is InChI=1S/C15H13F3N2O4S/c1-25(22,23)20-12-6-4-10(15(16,17)18)9-13(12)19-14(21)7-5-11-3-2-8-24-11/h2-9,20H,1H3,(H,19,21)/b7-5+. The second-order valence-corrected chi connectivity index (χ2v) is 6.72. The zero-order valence-electron chi connectivity index (χ0n) is 12.8. The van der Waals surface area contributed by atoms with Crippen LogP contribution in [-0.2, 0) is 21.0 Å². The Labute approximate surface area is 141 Å². The summed E-state index contributed by atoms with van der Waals surface area (Å²) in [7, 11) is -3.75. The van der Waals surface area contributed by atoms with Crippen molar-refractivity contribution in [2.75, 3.05) is 16.3 Å². The number of furan rings is 1. The Hall–Kier alpha value is -2.75. The van der Waals surface area contributed by atoms with Gasteiger partial charge in [0.15, 0.2) is 0 Å². The largest absolute Gasteiger partial charge is 0.465 e. The lowest BCUT2D eigenvalue weighted by Crippen LogP contribution is -2.16. The van der Waals surface area contributed by atoms with Gasteiger partial charge in [0.2, 0.25) is 15.9 Å². The van der Waals surface area contributed by atoms with Crippen molar-refractivity contribution in [3.63, 3.8) is 0 Å². The average Bonchev–Trinajstić information content (AvgIpc) is 2.97. The first-order valence-electron chi connectivity index (χ1n) is 6.76. The van der Waals surface area contributed by atoms with Gasteiger partial charge in [0.25, 0.3) is 0 Å². The maximum atomic E-state index is 12.8. The summed E-state index contributed by atoms with van der Waals surface area (Å²) in [6, 6.07) is 5.45. The molecular formula is C15H13F3N2O4S. The molecule has 0 saturated heterocycles. The summed E-state index contributed by atoms with van der Waals surface area (Å²) in [5, 5.41) is 2.21. The van der Waals surface area contributed by atoms with Gasteiger partial charge in [-0.15, -0.1) is 0 Å². The molecule has 0 unspecified atom stereocenters. The van der Waals surface area contributed by atoms with Gasteiger partial charge in [0.05, 0.1) is 29.5 Å². The number of alkyl halides is 3. The summed E-state index contributed by atoms with van der Waals surface area (Å²) >= 11 is 0. The van der Waals surface area contributed by atoms with Crippen molar-refractivity contribution in [3.05, 3.63) is 54.0 Å². The second kappa shape index (κ2) is 7.01. The van der Waals surface area contributed by atoms with Gasteiger partial charge in [0.1, 0.15) is 5.76 Å². The fourth-order valence-corrected chi connectivity index (χ4v) is 2.41. The minimum absolute atomic E-state index is 0.185. The van der Waals surface area contributed by atoms with Gasteiger partial charge in [-0.2, -0.15) is 13.2 Å². The predicted octanol–water partition coefficient (Wildman–Crippen LogP) is 3.32. The number of carbonyl (C=O) groups is 1. The molecule has 1 amide bonds. The third-order valence-corrected chi connectivity index (χ3v) is 3.43. The van der Waals surface area contributed by atoms with E-state index in [9.17, 15) is 26.4 Å². The molecule has 0 aliphatic rings. The number of hydrogen-bond donors (Lipinski definition) is 2. The van der Waals surface area contributed by atoms with Crippen LogP contribution in [0, 0.1) is 0 Å². The first-order chi connectivity index (χ1) is 11.5. The molecule has 0 radical (unpaired) electrons. The van der Waals surface area contributed by atoms with Crippen LogP contribution in [0.1, 0.15) is 11.3 Å². The van der Waals surface area contributed by atoms with E-state index in [1.807, 2.05) is 0 Å². The van der Waals surface area contributed by atoms with Gasteiger partial charge < -0.3 is 9.73 Å². The zero-order chi connectivity index (χ0) is 18.7. The summed E-state index contributed by atoms with van der Waals surface area (Å²) in [6.07, 6.45) is -0.0609. The molecular weight excluding hydrogens is 361 g/mol. The van der Waals surface area contributed by atoms with Crippen LogP contribution in [0.3, 0.4) is 0 Å². The van der Waals surface area contributed by atoms with Crippen LogP contribution >= 0.6 is 0 Å². The average molecular weight is 374 g/mol. The molecule has 0 saturated carbocycles. The van der Waals surface area contributed by atoms with Gasteiger partial charge in [-0.25, -0.2) is 8.42 Å². The predicted molar refractivity (Wildman–Crippen MR) is 86.3 cm³/mol. The SMILES string of the molecule is CS(=O)(=O)Nc1ccc(C(F)(F)F)cc1NC(=O)/C=C/c1ccco1. The smallest absolute Gasteiger partial charge is 0.416 e. The lowest BCUT2D eigenvalue weighted by molar-refractivity contribution is -0.137. The van der Waals surface area contributed by atoms with Crippen LogP contribution in [-0.4, -0.2) is 20.6 Å². The molecule has 1 aromatic heterocycles. The highest BCUT2D eigenvalue weighted by Crippen LogP contribution is 2.34. The highest BCUT2D eigenvalue weighted by atomic mass is 32.2. The van der Waals surface area contributed by atoms with Crippen LogP contribution in [0.2, 0.25) is 0 Å². The fraction of sp³-hybridized carbons (Fsp3) is 0.133. The van der Waals surface area contributed by atoms with Crippen LogP contribution in [0.5, 0.6) is 0 Å². The molecule has 0 fully saturated rings. The van der Waals surface area contributed by atoms with Crippen molar-refractivity contribution in [1.82, 2.24) is 0 Å². The van der Waals surface area contributed by atoms with Gasteiger partial charge in [-0.1, -0.05) is 0 Å². The minimum atomic E-state index is -4.65. The Morgan fingerprint density at radius 1 is 1.20 bits per heavy atom. The summed E-state index contributed by atoms with van der Waals surface area (Å²) < 4.78 is 68.2. The molecule has 0 aliphatic carbocycles. The normalized spacial score (nSPS) is 12.3. The van der Waals surface area contributed by atoms with Crippen LogP contribution < -0.4 is 10.0 Å². The third kappa shape index (κ3) is 5.68. The van der Waals surface area contributed by atoms with E-state index >= 15 is 0 Å². The number of halogens is 3. The number of sulfonamides is 1. The van der Waals surface area contributed by atoms with Crippen LogP contribution in [0.4, 0.5) is 24.5 Å². The van der Waals surface area contributed by atoms with Gasteiger partial charge in [-0.3, -0.25) is 9.52 Å². The molecule has 0 atom stereocenters. The molecule has 2 rings (SSSR count). The minimum Gasteiger partial charge on any atom is -0.465 e. The molecule has 134 valence electrons. The quantitative estimate of drug-likeness (QED) is 0.786. The number of carbonyl (C=O) groups excluding carboxylic acids is 1. The number of benzene rings is 1. The van der Waals surface area contributed by atoms with E-state index in [-0.39, 0.29) is 11.4 Å². The molecule has 0 bridgehead atoms. The maximum Gasteiger partial charge on any atom is 0.416 e. The van der Waals surface area contributed by atoms with E-state index in [0.717, 1.165) is 18.4 Å². The molecule has 0 aliphatic heterocycles. The maximum absolute atomic E-state index is 12.8. The molecule has 1 aromatic carbocycles. The molecule has 10 heteroatoms. The summed E-state index contributed by atoms with van der Waals surface area (Å²) in [4.78, 5) is 11.9. The molecule has 25 heavy (non-hydrogen) atoms. The van der Waals surface area contributed by atoms with E-state index in [4.69, 9.17) is 4.42 Å². The first kappa shape index (κ1) is 18.6. The Balaban J connectivity index is 2.30. The van der Waals surface area contributed by atoms with Crippen molar-refractivity contribution in [2.24, 2.45) is 0 Å². The monoisotopic (exact) mass is 374 g/mol. The van der Waals surface area contributed by atoms with Crippen LogP contribution in [0.25, 0.3) is 6.08 Å². The van der Waals surface area contributed by atoms with E-state index in [2.05, 4.69) is 10.0 Å².